The first-order chi connectivity index (χ1) is 7.61. The van der Waals surface area contributed by atoms with Gasteiger partial charge in [0, 0.05) is 26.9 Å². The molecule has 1 aliphatic heterocycles. The minimum absolute atomic E-state index is 0.173. The summed E-state index contributed by atoms with van der Waals surface area (Å²) in [5.41, 5.74) is 0.953. The molecule has 1 aliphatic rings. The Balaban J connectivity index is 2.31. The Bertz CT molecular complexity index is 447. The molecule has 1 amide bonds. The fraction of sp³-hybridized carbons (Fsp3) is 0.250. The first-order valence-corrected chi connectivity index (χ1v) is 6.87. The molecular weight excluding hydrogens is 381 g/mol. The van der Waals surface area contributed by atoms with Crippen LogP contribution in [-0.2, 0) is 4.79 Å². The maximum atomic E-state index is 11.8. The summed E-state index contributed by atoms with van der Waals surface area (Å²) in [6.07, 6.45) is 2.43. The van der Waals surface area contributed by atoms with Crippen LogP contribution in [0.1, 0.15) is 6.42 Å². The highest BCUT2D eigenvalue weighted by Crippen LogP contribution is 2.32. The van der Waals surface area contributed by atoms with E-state index in [1.807, 2.05) is 29.2 Å². The summed E-state index contributed by atoms with van der Waals surface area (Å²) < 4.78 is 2.12. The quantitative estimate of drug-likeness (QED) is 0.557. The van der Waals surface area contributed by atoms with Gasteiger partial charge in [-0.15, -0.1) is 6.58 Å². The summed E-state index contributed by atoms with van der Waals surface area (Å²) in [4.78, 5) is 13.7. The molecule has 0 spiro atoms. The lowest BCUT2D eigenvalue weighted by atomic mass is 10.1. The molecule has 2 nitrogen and oxygen atoms in total. The third kappa shape index (κ3) is 2.32. The number of carbonyl (C=O) groups is 1. The van der Waals surface area contributed by atoms with Gasteiger partial charge in [0.1, 0.15) is 0 Å². The molecule has 1 aromatic carbocycles. The van der Waals surface area contributed by atoms with Crippen molar-refractivity contribution in [3.05, 3.63) is 38.9 Å². The molecular formula is C12H11BrINO. The number of halogens is 2. The number of anilines is 1. The Kier molecular flexibility index (Phi) is 3.69. The molecule has 1 unspecified atom stereocenters. The Labute approximate surface area is 117 Å². The third-order valence-corrected chi connectivity index (χ3v) is 3.99. The topological polar surface area (TPSA) is 20.3 Å². The van der Waals surface area contributed by atoms with Crippen molar-refractivity contribution in [1.29, 1.82) is 0 Å². The predicted molar refractivity (Wildman–Crippen MR) is 77.5 cm³/mol. The van der Waals surface area contributed by atoms with Gasteiger partial charge in [0.25, 0.3) is 0 Å². The van der Waals surface area contributed by atoms with Crippen LogP contribution in [0.25, 0.3) is 0 Å². The molecule has 1 heterocycles. The van der Waals surface area contributed by atoms with E-state index in [4.69, 9.17) is 0 Å². The van der Waals surface area contributed by atoms with Crippen LogP contribution >= 0.6 is 38.5 Å². The molecule has 1 fully saturated rings. The molecule has 84 valence electrons. The number of nitrogens with zero attached hydrogens (tertiary/aromatic N) is 1. The van der Waals surface area contributed by atoms with Crippen LogP contribution in [0.5, 0.6) is 0 Å². The Morgan fingerprint density at radius 3 is 2.88 bits per heavy atom. The second kappa shape index (κ2) is 4.87. The van der Waals surface area contributed by atoms with Gasteiger partial charge in [-0.1, -0.05) is 6.08 Å². The number of hydrogen-bond donors (Lipinski definition) is 0. The summed E-state index contributed by atoms with van der Waals surface area (Å²) in [7, 11) is 0. The van der Waals surface area contributed by atoms with Crippen LogP contribution in [-0.4, -0.2) is 12.5 Å². The van der Waals surface area contributed by atoms with Crippen molar-refractivity contribution in [2.75, 3.05) is 11.4 Å². The minimum atomic E-state index is 0.173. The monoisotopic (exact) mass is 391 g/mol. The van der Waals surface area contributed by atoms with E-state index in [0.29, 0.717) is 6.42 Å². The molecule has 0 N–H and O–H groups in total. The largest absolute Gasteiger partial charge is 0.311 e. The molecule has 4 heteroatoms. The lowest BCUT2D eigenvalue weighted by Crippen LogP contribution is -2.24. The highest BCUT2D eigenvalue weighted by Gasteiger charge is 2.29. The minimum Gasteiger partial charge on any atom is -0.311 e. The second-order valence-corrected chi connectivity index (χ2v) is 5.90. The zero-order valence-corrected chi connectivity index (χ0v) is 12.4. The molecule has 1 atom stereocenters. The molecule has 2 rings (SSSR count). The molecule has 0 aromatic heterocycles. The predicted octanol–water partition coefficient (Wildman–Crippen LogP) is 3.59. The van der Waals surface area contributed by atoms with E-state index >= 15 is 0 Å². The summed E-state index contributed by atoms with van der Waals surface area (Å²) >= 11 is 5.75. The van der Waals surface area contributed by atoms with Crippen LogP contribution in [0.3, 0.4) is 0 Å². The Morgan fingerprint density at radius 1 is 1.56 bits per heavy atom. The van der Waals surface area contributed by atoms with Gasteiger partial charge < -0.3 is 4.90 Å². The van der Waals surface area contributed by atoms with Gasteiger partial charge >= 0.3 is 0 Å². The molecule has 1 saturated heterocycles. The van der Waals surface area contributed by atoms with Crippen molar-refractivity contribution in [3.8, 4) is 0 Å². The lowest BCUT2D eigenvalue weighted by molar-refractivity contribution is -0.117. The van der Waals surface area contributed by atoms with E-state index in [1.54, 1.807) is 0 Å². The zero-order chi connectivity index (χ0) is 11.7. The van der Waals surface area contributed by atoms with Gasteiger partial charge in [-0.3, -0.25) is 4.79 Å². The van der Waals surface area contributed by atoms with E-state index in [2.05, 4.69) is 45.1 Å². The maximum Gasteiger partial charge on any atom is 0.227 e. The van der Waals surface area contributed by atoms with Crippen molar-refractivity contribution in [2.45, 2.75) is 6.42 Å². The third-order valence-electron chi connectivity index (χ3n) is 2.69. The summed E-state index contributed by atoms with van der Waals surface area (Å²) in [5, 5.41) is 0. The summed E-state index contributed by atoms with van der Waals surface area (Å²) in [6, 6.07) is 6.01. The van der Waals surface area contributed by atoms with Gasteiger partial charge in [0.2, 0.25) is 5.91 Å². The van der Waals surface area contributed by atoms with Crippen molar-refractivity contribution in [2.24, 2.45) is 5.92 Å². The average molecular weight is 392 g/mol. The second-order valence-electron chi connectivity index (χ2n) is 3.80. The maximum absolute atomic E-state index is 11.8. The Hall–Kier alpha value is -0.360. The standard InChI is InChI=1S/C12H11BrINO/c1-2-8-5-12(16)15(7-8)11-4-3-9(14)6-10(11)13/h2-4,6,8H,1,5,7H2. The van der Waals surface area contributed by atoms with Crippen LogP contribution in [0.2, 0.25) is 0 Å². The van der Waals surface area contributed by atoms with Crippen molar-refractivity contribution >= 4 is 50.1 Å². The van der Waals surface area contributed by atoms with E-state index in [0.717, 1.165) is 20.3 Å². The van der Waals surface area contributed by atoms with E-state index in [-0.39, 0.29) is 11.8 Å². The van der Waals surface area contributed by atoms with E-state index in [9.17, 15) is 4.79 Å². The highest BCUT2D eigenvalue weighted by molar-refractivity contribution is 14.1. The van der Waals surface area contributed by atoms with Crippen LogP contribution < -0.4 is 4.90 Å². The number of rotatable bonds is 2. The summed E-state index contributed by atoms with van der Waals surface area (Å²) in [5.74, 6) is 0.450. The fourth-order valence-corrected chi connectivity index (χ4v) is 3.34. The summed E-state index contributed by atoms with van der Waals surface area (Å²) in [6.45, 7) is 4.49. The first kappa shape index (κ1) is 12.1. The van der Waals surface area contributed by atoms with Gasteiger partial charge in [-0.25, -0.2) is 0 Å². The van der Waals surface area contributed by atoms with Gasteiger partial charge in [0.15, 0.2) is 0 Å². The van der Waals surface area contributed by atoms with Gasteiger partial charge in [-0.2, -0.15) is 0 Å². The van der Waals surface area contributed by atoms with Crippen LogP contribution in [0, 0.1) is 9.49 Å². The number of carbonyl (C=O) groups excluding carboxylic acids is 1. The first-order valence-electron chi connectivity index (χ1n) is 5.00. The van der Waals surface area contributed by atoms with Gasteiger partial charge in [-0.05, 0) is 56.7 Å². The average Bonchev–Trinajstić information content (AvgIpc) is 2.60. The number of benzene rings is 1. The van der Waals surface area contributed by atoms with Crippen molar-refractivity contribution in [3.63, 3.8) is 0 Å². The van der Waals surface area contributed by atoms with E-state index in [1.165, 1.54) is 0 Å². The Morgan fingerprint density at radius 2 is 2.31 bits per heavy atom. The normalized spacial score (nSPS) is 20.2. The molecule has 0 bridgehead atoms. The van der Waals surface area contributed by atoms with E-state index < -0.39 is 0 Å². The molecule has 0 saturated carbocycles. The number of amides is 1. The van der Waals surface area contributed by atoms with Crippen molar-refractivity contribution in [1.82, 2.24) is 0 Å². The molecule has 1 aromatic rings. The van der Waals surface area contributed by atoms with Crippen LogP contribution in [0.4, 0.5) is 5.69 Å². The lowest BCUT2D eigenvalue weighted by Gasteiger charge is -2.18. The smallest absolute Gasteiger partial charge is 0.227 e. The van der Waals surface area contributed by atoms with Crippen molar-refractivity contribution < 1.29 is 4.79 Å². The van der Waals surface area contributed by atoms with Gasteiger partial charge in [0.05, 0.1) is 5.69 Å². The molecule has 16 heavy (non-hydrogen) atoms. The molecule has 0 aliphatic carbocycles. The van der Waals surface area contributed by atoms with Crippen LogP contribution in [0.15, 0.2) is 35.3 Å². The highest BCUT2D eigenvalue weighted by atomic mass is 127. The fourth-order valence-electron chi connectivity index (χ4n) is 1.83. The SMILES string of the molecule is C=CC1CC(=O)N(c2ccc(I)cc2Br)C1. The zero-order valence-electron chi connectivity index (χ0n) is 8.62. The molecule has 0 radical (unpaired) electrons. The number of hydrogen-bond acceptors (Lipinski definition) is 1.